The van der Waals surface area contributed by atoms with Crippen molar-refractivity contribution in [2.75, 3.05) is 25.8 Å². The Bertz CT molecular complexity index is 282. The molecule has 1 rings (SSSR count). The van der Waals surface area contributed by atoms with Gasteiger partial charge < -0.3 is 19.4 Å². The number of hydrogen-bond acceptors (Lipinski definition) is 4. The molecular weight excluding hydrogens is 233 g/mol. The van der Waals surface area contributed by atoms with Crippen molar-refractivity contribution in [2.24, 2.45) is 0 Å². The molecule has 0 unspecified atom stereocenters. The molecule has 1 aliphatic rings. The van der Waals surface area contributed by atoms with Crippen LogP contribution in [0.4, 0.5) is 0 Å². The molecule has 1 heterocycles. The van der Waals surface area contributed by atoms with Gasteiger partial charge in [0.25, 0.3) is 0 Å². The highest BCUT2D eigenvalue weighted by atomic mass is 31.2. The van der Waals surface area contributed by atoms with Crippen LogP contribution in [0.15, 0.2) is 0 Å². The second-order valence-electron chi connectivity index (χ2n) is 3.95. The molecule has 0 bridgehead atoms. The molecule has 94 valence electrons. The number of ether oxygens (including phenoxy) is 1. The van der Waals surface area contributed by atoms with Gasteiger partial charge >= 0.3 is 13.6 Å². The number of carbonyl (C=O) groups excluding carboxylic acids is 1. The first-order chi connectivity index (χ1) is 7.40. The molecule has 0 aromatic carbocycles. The van der Waals surface area contributed by atoms with Crippen LogP contribution in [0.1, 0.15) is 19.8 Å². The Morgan fingerprint density at radius 1 is 1.44 bits per heavy atom. The van der Waals surface area contributed by atoms with Gasteiger partial charge in [0.2, 0.25) is 0 Å². The van der Waals surface area contributed by atoms with Crippen molar-refractivity contribution in [3.05, 3.63) is 0 Å². The Morgan fingerprint density at radius 2 is 2.00 bits per heavy atom. The van der Waals surface area contributed by atoms with E-state index in [1.54, 1.807) is 0 Å². The van der Waals surface area contributed by atoms with Crippen molar-refractivity contribution < 1.29 is 23.9 Å². The normalized spacial score (nSPS) is 19.7. The van der Waals surface area contributed by atoms with E-state index in [4.69, 9.17) is 14.5 Å². The van der Waals surface area contributed by atoms with Crippen LogP contribution >= 0.6 is 7.60 Å². The molecule has 2 N–H and O–H groups in total. The number of piperidine rings is 1. The maximum atomic E-state index is 11.1. The Kier molecular flexibility index (Phi) is 4.92. The third-order valence-electron chi connectivity index (χ3n) is 2.62. The Morgan fingerprint density at radius 3 is 2.44 bits per heavy atom. The van der Waals surface area contributed by atoms with E-state index in [1.165, 1.54) is 0 Å². The lowest BCUT2D eigenvalue weighted by Crippen LogP contribution is -2.37. The summed E-state index contributed by atoms with van der Waals surface area (Å²) in [5.41, 5.74) is 0. The van der Waals surface area contributed by atoms with Crippen LogP contribution in [0.5, 0.6) is 0 Å². The second kappa shape index (κ2) is 5.77. The molecule has 6 nitrogen and oxygen atoms in total. The highest BCUT2D eigenvalue weighted by Gasteiger charge is 2.25. The highest BCUT2D eigenvalue weighted by molar-refractivity contribution is 7.52. The van der Waals surface area contributed by atoms with Gasteiger partial charge in [0, 0.05) is 13.1 Å². The van der Waals surface area contributed by atoms with Crippen LogP contribution in [0.25, 0.3) is 0 Å². The fourth-order valence-corrected chi connectivity index (χ4v) is 2.15. The highest BCUT2D eigenvalue weighted by Crippen LogP contribution is 2.34. The molecule has 0 radical (unpaired) electrons. The van der Waals surface area contributed by atoms with Gasteiger partial charge in [0.1, 0.15) is 12.3 Å². The molecule has 0 atom stereocenters. The molecule has 0 amide bonds. The minimum atomic E-state index is -4.29. The van der Waals surface area contributed by atoms with Gasteiger partial charge in [-0.15, -0.1) is 0 Å². The van der Waals surface area contributed by atoms with Crippen molar-refractivity contribution in [1.82, 2.24) is 4.90 Å². The van der Waals surface area contributed by atoms with E-state index in [1.807, 2.05) is 0 Å². The molecule has 0 aromatic heterocycles. The topological polar surface area (TPSA) is 87.1 Å². The zero-order valence-corrected chi connectivity index (χ0v) is 10.2. The van der Waals surface area contributed by atoms with Crippen LogP contribution in [-0.4, -0.2) is 52.6 Å². The number of rotatable bonds is 4. The van der Waals surface area contributed by atoms with Gasteiger partial charge in [-0.2, -0.15) is 0 Å². The number of nitrogens with zero attached hydrogens (tertiary/aromatic N) is 1. The van der Waals surface area contributed by atoms with Crippen molar-refractivity contribution in [3.8, 4) is 0 Å². The average molecular weight is 251 g/mol. The van der Waals surface area contributed by atoms with Crippen molar-refractivity contribution in [2.45, 2.75) is 25.9 Å². The summed E-state index contributed by atoms with van der Waals surface area (Å²) in [6, 6.07) is 0. The second-order valence-corrected chi connectivity index (χ2v) is 5.59. The van der Waals surface area contributed by atoms with Crippen LogP contribution < -0.4 is 0 Å². The molecule has 0 aromatic rings. The third-order valence-corrected chi connectivity index (χ3v) is 3.29. The van der Waals surface area contributed by atoms with Crippen molar-refractivity contribution >= 4 is 13.6 Å². The van der Waals surface area contributed by atoms with E-state index >= 15 is 0 Å². The van der Waals surface area contributed by atoms with E-state index < -0.39 is 19.7 Å². The fourth-order valence-electron chi connectivity index (χ4n) is 1.73. The maximum Gasteiger partial charge on any atom is 0.336 e. The van der Waals surface area contributed by atoms with E-state index in [0.717, 1.165) is 32.5 Å². The van der Waals surface area contributed by atoms with Gasteiger partial charge in [0.15, 0.2) is 0 Å². The molecule has 1 aliphatic heterocycles. The van der Waals surface area contributed by atoms with Crippen LogP contribution in [0, 0.1) is 0 Å². The molecule has 7 heteroatoms. The van der Waals surface area contributed by atoms with Gasteiger partial charge in [-0.1, -0.05) is 6.92 Å². The molecule has 0 spiro atoms. The SMILES string of the molecule is CCN1CCC(OC(=O)CP(=O)(O)O)CC1. The van der Waals surface area contributed by atoms with Crippen molar-refractivity contribution in [1.29, 1.82) is 0 Å². The largest absolute Gasteiger partial charge is 0.462 e. The molecule has 0 saturated carbocycles. The molecule has 0 aliphatic carbocycles. The van der Waals surface area contributed by atoms with Crippen LogP contribution in [-0.2, 0) is 14.1 Å². The first kappa shape index (κ1) is 13.6. The van der Waals surface area contributed by atoms with Crippen molar-refractivity contribution in [3.63, 3.8) is 0 Å². The van der Waals surface area contributed by atoms with Crippen LogP contribution in [0.2, 0.25) is 0 Å². The Labute approximate surface area is 94.7 Å². The molecular formula is C9H18NO5P. The van der Waals surface area contributed by atoms with E-state index in [9.17, 15) is 9.36 Å². The Hall–Kier alpha value is -0.420. The third kappa shape index (κ3) is 5.07. The minimum absolute atomic E-state index is 0.193. The standard InChI is InChI=1S/C9H18NO5P/c1-2-10-5-3-8(4-6-10)15-9(11)7-16(12,13)14/h8H,2-7H2,1H3,(H2,12,13,14). The lowest BCUT2D eigenvalue weighted by atomic mass is 10.1. The molecule has 1 saturated heterocycles. The molecule has 16 heavy (non-hydrogen) atoms. The van der Waals surface area contributed by atoms with E-state index in [2.05, 4.69) is 11.8 Å². The lowest BCUT2D eigenvalue weighted by Gasteiger charge is -2.30. The summed E-state index contributed by atoms with van der Waals surface area (Å²) in [6.07, 6.45) is 0.462. The summed E-state index contributed by atoms with van der Waals surface area (Å²) in [5, 5.41) is 0. The zero-order chi connectivity index (χ0) is 12.2. The summed E-state index contributed by atoms with van der Waals surface area (Å²) < 4.78 is 15.6. The number of hydrogen-bond donors (Lipinski definition) is 2. The smallest absolute Gasteiger partial charge is 0.336 e. The summed E-state index contributed by atoms with van der Waals surface area (Å²) in [4.78, 5) is 30.6. The maximum absolute atomic E-state index is 11.1. The van der Waals surface area contributed by atoms with E-state index in [-0.39, 0.29) is 6.10 Å². The van der Waals surface area contributed by atoms with Gasteiger partial charge in [-0.05, 0) is 19.4 Å². The van der Waals surface area contributed by atoms with Gasteiger partial charge in [-0.3, -0.25) is 9.36 Å². The Balaban J connectivity index is 2.28. The quantitative estimate of drug-likeness (QED) is 0.548. The minimum Gasteiger partial charge on any atom is -0.462 e. The number of likely N-dealkylation sites (tertiary alicyclic amines) is 1. The lowest BCUT2D eigenvalue weighted by molar-refractivity contribution is -0.148. The summed E-state index contributed by atoms with van der Waals surface area (Å²) in [7, 11) is -4.29. The van der Waals surface area contributed by atoms with Gasteiger partial charge in [0.05, 0.1) is 0 Å². The first-order valence-electron chi connectivity index (χ1n) is 5.37. The summed E-state index contributed by atoms with van der Waals surface area (Å²) >= 11 is 0. The predicted octanol–water partition coefficient (Wildman–Crippen LogP) is 0.192. The molecule has 1 fully saturated rings. The monoisotopic (exact) mass is 251 g/mol. The number of carbonyl (C=O) groups is 1. The van der Waals surface area contributed by atoms with Crippen LogP contribution in [0.3, 0.4) is 0 Å². The zero-order valence-electron chi connectivity index (χ0n) is 9.33. The van der Waals surface area contributed by atoms with E-state index in [0.29, 0.717) is 0 Å². The number of esters is 1. The van der Waals surface area contributed by atoms with Gasteiger partial charge in [-0.25, -0.2) is 0 Å². The average Bonchev–Trinajstić information content (AvgIpc) is 2.16. The predicted molar refractivity (Wildman–Crippen MR) is 58.1 cm³/mol. The summed E-state index contributed by atoms with van der Waals surface area (Å²) in [5.74, 6) is -0.803. The summed E-state index contributed by atoms with van der Waals surface area (Å²) in [6.45, 7) is 4.78. The fraction of sp³-hybridized carbons (Fsp3) is 0.889. The first-order valence-corrected chi connectivity index (χ1v) is 7.17.